The first-order valence-corrected chi connectivity index (χ1v) is 14.4. The minimum Gasteiger partial charge on any atom is -0.544 e. The number of pyridine rings is 1. The first-order chi connectivity index (χ1) is 15.1. The molecule has 0 radical (unpaired) electrons. The highest BCUT2D eigenvalue weighted by Gasteiger charge is 2.39. The van der Waals surface area contributed by atoms with Gasteiger partial charge in [-0.25, -0.2) is 14.8 Å². The van der Waals surface area contributed by atoms with Crippen LogP contribution >= 0.6 is 0 Å². The third-order valence-electron chi connectivity index (χ3n) is 7.01. The zero-order valence-electron chi connectivity index (χ0n) is 19.7. The highest BCUT2D eigenvalue weighted by Crippen LogP contribution is 2.39. The van der Waals surface area contributed by atoms with Gasteiger partial charge in [-0.3, -0.25) is 0 Å². The van der Waals surface area contributed by atoms with Crippen molar-refractivity contribution in [3.63, 3.8) is 0 Å². The number of nitrogens with zero attached hydrogens (tertiary/aromatic N) is 3. The molecule has 0 saturated heterocycles. The molecule has 7 heteroatoms. The van der Waals surface area contributed by atoms with Crippen molar-refractivity contribution in [1.82, 2.24) is 14.5 Å². The van der Waals surface area contributed by atoms with Gasteiger partial charge in [0.25, 0.3) is 0 Å². The zero-order chi connectivity index (χ0) is 23.1. The maximum Gasteiger partial charge on any atom is 0.337 e. The summed E-state index contributed by atoms with van der Waals surface area (Å²) in [4.78, 5) is 20.8. The van der Waals surface area contributed by atoms with Gasteiger partial charge in [0.1, 0.15) is 17.1 Å². The molecule has 4 rings (SSSR count). The van der Waals surface area contributed by atoms with Crippen LogP contribution in [-0.2, 0) is 0 Å². The van der Waals surface area contributed by atoms with E-state index in [4.69, 9.17) is 9.41 Å². The summed E-state index contributed by atoms with van der Waals surface area (Å²) in [7, 11) is -1.91. The SMILES string of the molecule is CC(C)(C)[Si](C)(C)Oc1ccc(-c2nc3cc(C(=O)O)cnc3n2C2CCCCC2)cc1. The number of imidazole rings is 1. The van der Waals surface area contributed by atoms with E-state index in [1.165, 1.54) is 25.5 Å². The van der Waals surface area contributed by atoms with Gasteiger partial charge in [0.2, 0.25) is 8.32 Å². The topological polar surface area (TPSA) is 77.2 Å². The van der Waals surface area contributed by atoms with Gasteiger partial charge in [0.05, 0.1) is 5.56 Å². The minimum absolute atomic E-state index is 0.133. The minimum atomic E-state index is -1.91. The summed E-state index contributed by atoms with van der Waals surface area (Å²) in [5, 5.41) is 9.51. The van der Waals surface area contributed by atoms with E-state index in [1.807, 2.05) is 12.1 Å². The van der Waals surface area contributed by atoms with Gasteiger partial charge in [-0.15, -0.1) is 0 Å². The molecule has 0 unspecified atom stereocenters. The van der Waals surface area contributed by atoms with Crippen molar-refractivity contribution in [2.45, 2.75) is 77.0 Å². The number of carboxylic acid groups (broad SMARTS) is 1. The lowest BCUT2D eigenvalue weighted by atomic mass is 9.95. The molecule has 1 fully saturated rings. The number of aromatic carboxylic acids is 1. The van der Waals surface area contributed by atoms with E-state index in [9.17, 15) is 9.90 Å². The van der Waals surface area contributed by atoms with E-state index in [-0.39, 0.29) is 10.6 Å². The van der Waals surface area contributed by atoms with Crippen LogP contribution in [-0.4, -0.2) is 33.9 Å². The van der Waals surface area contributed by atoms with E-state index in [0.717, 1.165) is 35.6 Å². The Hall–Kier alpha value is -2.67. The maximum atomic E-state index is 11.4. The molecule has 2 aromatic heterocycles. The molecule has 32 heavy (non-hydrogen) atoms. The first-order valence-electron chi connectivity index (χ1n) is 11.5. The molecular formula is C25H33N3O3Si. The summed E-state index contributed by atoms with van der Waals surface area (Å²) in [6.07, 6.45) is 7.26. The molecule has 0 atom stereocenters. The van der Waals surface area contributed by atoms with Crippen molar-refractivity contribution in [1.29, 1.82) is 0 Å². The van der Waals surface area contributed by atoms with Crippen LogP contribution in [0.15, 0.2) is 36.5 Å². The average molecular weight is 452 g/mol. The molecule has 1 N–H and O–H groups in total. The van der Waals surface area contributed by atoms with Gasteiger partial charge in [0.15, 0.2) is 5.65 Å². The summed E-state index contributed by atoms with van der Waals surface area (Å²) in [5.74, 6) is 0.744. The standard InChI is InChI=1S/C25H33N3O3Si/c1-25(2,3)32(4,5)31-20-13-11-17(12-14-20)22-27-21-15-18(24(29)30)16-26-23(21)28(22)19-9-7-6-8-10-19/h11-16,19H,6-10H2,1-5H3,(H,29,30). The number of rotatable bonds is 5. The van der Waals surface area contributed by atoms with Crippen molar-refractivity contribution in [3.05, 3.63) is 42.1 Å². The Morgan fingerprint density at radius 1 is 1.12 bits per heavy atom. The Bertz CT molecular complexity index is 1120. The van der Waals surface area contributed by atoms with Crippen LogP contribution in [0.4, 0.5) is 0 Å². The van der Waals surface area contributed by atoms with Gasteiger partial charge in [-0.1, -0.05) is 40.0 Å². The number of carboxylic acids is 1. The van der Waals surface area contributed by atoms with Crippen molar-refractivity contribution in [2.24, 2.45) is 0 Å². The molecule has 0 bridgehead atoms. The lowest BCUT2D eigenvalue weighted by Crippen LogP contribution is -2.43. The third-order valence-corrected chi connectivity index (χ3v) is 11.4. The number of carbonyl (C=O) groups is 1. The normalized spacial score (nSPS) is 15.8. The Morgan fingerprint density at radius 3 is 2.38 bits per heavy atom. The highest BCUT2D eigenvalue weighted by atomic mass is 28.4. The lowest BCUT2D eigenvalue weighted by Gasteiger charge is -2.36. The quantitative estimate of drug-likeness (QED) is 0.437. The van der Waals surface area contributed by atoms with E-state index in [1.54, 1.807) is 6.07 Å². The molecule has 1 saturated carbocycles. The van der Waals surface area contributed by atoms with Crippen molar-refractivity contribution in [3.8, 4) is 17.1 Å². The summed E-state index contributed by atoms with van der Waals surface area (Å²) in [6.45, 7) is 11.2. The predicted molar refractivity (Wildman–Crippen MR) is 130 cm³/mol. The fourth-order valence-electron chi connectivity index (χ4n) is 4.11. The van der Waals surface area contributed by atoms with Gasteiger partial charge in [-0.05, 0) is 61.3 Å². The molecule has 1 aliphatic carbocycles. The van der Waals surface area contributed by atoms with Crippen LogP contribution in [0.1, 0.15) is 69.3 Å². The number of hydrogen-bond acceptors (Lipinski definition) is 4. The summed E-state index contributed by atoms with van der Waals surface area (Å²) in [6, 6.07) is 10.1. The summed E-state index contributed by atoms with van der Waals surface area (Å²) < 4.78 is 8.66. The van der Waals surface area contributed by atoms with Gasteiger partial charge < -0.3 is 14.1 Å². The molecule has 0 aliphatic heterocycles. The Balaban J connectivity index is 1.75. The Labute approximate surface area is 190 Å². The van der Waals surface area contributed by atoms with Crippen LogP contribution in [0.5, 0.6) is 5.75 Å². The fraction of sp³-hybridized carbons (Fsp3) is 0.480. The predicted octanol–water partition coefficient (Wildman–Crippen LogP) is 6.69. The monoisotopic (exact) mass is 451 g/mol. The van der Waals surface area contributed by atoms with Gasteiger partial charge in [0, 0.05) is 17.8 Å². The highest BCUT2D eigenvalue weighted by molar-refractivity contribution is 6.74. The number of hydrogen-bond donors (Lipinski definition) is 1. The van der Waals surface area contributed by atoms with E-state index in [0.29, 0.717) is 11.6 Å². The van der Waals surface area contributed by atoms with Gasteiger partial charge in [-0.2, -0.15) is 0 Å². The molecule has 0 spiro atoms. The molecule has 1 aromatic carbocycles. The molecule has 0 amide bonds. The van der Waals surface area contributed by atoms with Crippen LogP contribution in [0.25, 0.3) is 22.6 Å². The van der Waals surface area contributed by atoms with E-state index < -0.39 is 14.3 Å². The third kappa shape index (κ3) is 4.31. The molecule has 1 aliphatic rings. The number of fused-ring (bicyclic) bond motifs is 1. The van der Waals surface area contributed by atoms with Gasteiger partial charge >= 0.3 is 5.97 Å². The van der Waals surface area contributed by atoms with Crippen LogP contribution in [0.3, 0.4) is 0 Å². The van der Waals surface area contributed by atoms with Crippen molar-refractivity contribution >= 4 is 25.5 Å². The van der Waals surface area contributed by atoms with E-state index >= 15 is 0 Å². The number of aromatic nitrogens is 3. The second-order valence-corrected chi connectivity index (χ2v) is 15.1. The average Bonchev–Trinajstić information content (AvgIpc) is 3.12. The second kappa shape index (κ2) is 8.35. The van der Waals surface area contributed by atoms with Crippen LogP contribution < -0.4 is 4.43 Å². The van der Waals surface area contributed by atoms with Crippen LogP contribution in [0, 0.1) is 0 Å². The molecule has 3 aromatic rings. The lowest BCUT2D eigenvalue weighted by molar-refractivity contribution is 0.0696. The number of benzene rings is 1. The maximum absolute atomic E-state index is 11.4. The molecule has 2 heterocycles. The molecule has 170 valence electrons. The largest absolute Gasteiger partial charge is 0.544 e. The first kappa shape index (κ1) is 22.5. The van der Waals surface area contributed by atoms with Crippen molar-refractivity contribution in [2.75, 3.05) is 0 Å². The Morgan fingerprint density at radius 2 is 1.78 bits per heavy atom. The smallest absolute Gasteiger partial charge is 0.337 e. The zero-order valence-corrected chi connectivity index (χ0v) is 20.7. The Kier molecular flexibility index (Phi) is 5.88. The summed E-state index contributed by atoms with van der Waals surface area (Å²) in [5.41, 5.74) is 2.55. The molecular weight excluding hydrogens is 418 g/mol. The van der Waals surface area contributed by atoms with Crippen molar-refractivity contribution < 1.29 is 14.3 Å². The van der Waals surface area contributed by atoms with E-state index in [2.05, 4.69) is 55.5 Å². The second-order valence-electron chi connectivity index (χ2n) is 10.4. The summed E-state index contributed by atoms with van der Waals surface area (Å²) >= 11 is 0. The molecule has 6 nitrogen and oxygen atoms in total. The van der Waals surface area contributed by atoms with Crippen LogP contribution in [0.2, 0.25) is 18.1 Å². The fourth-order valence-corrected chi connectivity index (χ4v) is 5.14.